The first-order valence-electron chi connectivity index (χ1n) is 8.57. The molecule has 0 aromatic heterocycles. The van der Waals surface area contributed by atoms with Crippen LogP contribution in [-0.4, -0.2) is 24.1 Å². The van der Waals surface area contributed by atoms with Gasteiger partial charge in [-0.3, -0.25) is 4.79 Å². The summed E-state index contributed by atoms with van der Waals surface area (Å²) in [6.45, 7) is 4.70. The number of benzene rings is 2. The molecular formula is C20H22F2N2O4. The molecule has 2 aromatic rings. The van der Waals surface area contributed by atoms with Gasteiger partial charge in [-0.15, -0.1) is 5.12 Å². The smallest absolute Gasteiger partial charge is 0.408 e. The molecule has 1 N–H and O–H groups in total. The summed E-state index contributed by atoms with van der Waals surface area (Å²) >= 11 is 0. The van der Waals surface area contributed by atoms with Crippen LogP contribution in [0.4, 0.5) is 19.4 Å². The van der Waals surface area contributed by atoms with Crippen LogP contribution in [0.1, 0.15) is 26.3 Å². The number of carbonyl (C=O) groups is 2. The molecule has 2 rings (SSSR count). The van der Waals surface area contributed by atoms with Gasteiger partial charge in [0.15, 0.2) is 0 Å². The van der Waals surface area contributed by atoms with Crippen molar-refractivity contribution in [1.29, 1.82) is 0 Å². The summed E-state index contributed by atoms with van der Waals surface area (Å²) in [5.74, 6) is -0.825. The van der Waals surface area contributed by atoms with Crippen LogP contribution in [0.3, 0.4) is 0 Å². The molecule has 0 fully saturated rings. The number of amides is 2. The average Bonchev–Trinajstić information content (AvgIpc) is 2.64. The van der Waals surface area contributed by atoms with E-state index in [1.165, 1.54) is 36.4 Å². The lowest BCUT2D eigenvalue weighted by atomic mass is 10.2. The van der Waals surface area contributed by atoms with Crippen LogP contribution in [0.25, 0.3) is 0 Å². The Kier molecular flexibility index (Phi) is 6.92. The highest BCUT2D eigenvalue weighted by molar-refractivity contribution is 5.94. The van der Waals surface area contributed by atoms with Gasteiger partial charge in [-0.25, -0.2) is 9.18 Å². The van der Waals surface area contributed by atoms with Gasteiger partial charge in [-0.05, 0) is 62.7 Å². The number of anilines is 1. The molecule has 0 unspecified atom stereocenters. The van der Waals surface area contributed by atoms with E-state index in [0.717, 1.165) is 5.56 Å². The van der Waals surface area contributed by atoms with E-state index in [-0.39, 0.29) is 23.2 Å². The summed E-state index contributed by atoms with van der Waals surface area (Å²) in [6, 6.07) is 11.6. The molecule has 0 aliphatic heterocycles. The zero-order chi connectivity index (χ0) is 20.7. The molecule has 0 spiro atoms. The molecule has 0 bridgehead atoms. The molecule has 0 aliphatic rings. The first-order chi connectivity index (χ1) is 13.1. The molecular weight excluding hydrogens is 370 g/mol. The maximum absolute atomic E-state index is 14.2. The van der Waals surface area contributed by atoms with Gasteiger partial charge in [0.25, 0.3) is 5.91 Å². The third-order valence-corrected chi connectivity index (χ3v) is 3.38. The van der Waals surface area contributed by atoms with Crippen LogP contribution in [0.5, 0.6) is 5.75 Å². The summed E-state index contributed by atoms with van der Waals surface area (Å²) in [4.78, 5) is 23.4. The van der Waals surface area contributed by atoms with Crippen LogP contribution in [0.2, 0.25) is 0 Å². The van der Waals surface area contributed by atoms with Gasteiger partial charge in [0.2, 0.25) is 0 Å². The Morgan fingerprint density at radius 3 is 2.21 bits per heavy atom. The van der Waals surface area contributed by atoms with E-state index in [1.54, 1.807) is 32.9 Å². The summed E-state index contributed by atoms with van der Waals surface area (Å²) in [5, 5.41) is 2.13. The number of hydrogen-bond acceptors (Lipinski definition) is 4. The molecule has 2 amide bonds. The Bertz CT molecular complexity index is 802. The number of alkyl carbamates (subject to hydrolysis) is 1. The maximum Gasteiger partial charge on any atom is 0.408 e. The van der Waals surface area contributed by atoms with Crippen LogP contribution >= 0.6 is 0 Å². The predicted molar refractivity (Wildman–Crippen MR) is 100 cm³/mol. The van der Waals surface area contributed by atoms with Crippen molar-refractivity contribution < 1.29 is 27.9 Å². The Balaban J connectivity index is 1.84. The van der Waals surface area contributed by atoms with E-state index in [0.29, 0.717) is 5.75 Å². The molecule has 8 heteroatoms. The second kappa shape index (κ2) is 9.16. The number of hydrogen-bond donors (Lipinski definition) is 1. The fraction of sp³-hybridized carbons (Fsp3) is 0.300. The largest absolute Gasteiger partial charge is 0.489 e. The van der Waals surface area contributed by atoms with Gasteiger partial charge < -0.3 is 14.8 Å². The highest BCUT2D eigenvalue weighted by Gasteiger charge is 2.19. The molecule has 150 valence electrons. The number of nitrogens with one attached hydrogen (secondary N) is 1. The number of ether oxygens (including phenoxy) is 2. The van der Waals surface area contributed by atoms with Crippen molar-refractivity contribution in [3.05, 3.63) is 59.9 Å². The Morgan fingerprint density at radius 1 is 1.04 bits per heavy atom. The SMILES string of the molecule is CC(C)(C)OC(=O)NCC(=O)N(F)c1ccc(OCc2ccc(F)cc2)cc1. The van der Waals surface area contributed by atoms with Gasteiger partial charge >= 0.3 is 6.09 Å². The van der Waals surface area contributed by atoms with E-state index in [9.17, 15) is 18.5 Å². The van der Waals surface area contributed by atoms with E-state index >= 15 is 0 Å². The molecule has 0 saturated heterocycles. The van der Waals surface area contributed by atoms with Crippen LogP contribution in [0, 0.1) is 5.82 Å². The minimum Gasteiger partial charge on any atom is -0.489 e. The fourth-order valence-electron chi connectivity index (χ4n) is 2.10. The van der Waals surface area contributed by atoms with Crippen molar-refractivity contribution in [3.8, 4) is 5.75 Å². The van der Waals surface area contributed by atoms with E-state index in [4.69, 9.17) is 9.47 Å². The maximum atomic E-state index is 14.2. The average molecular weight is 392 g/mol. The molecule has 2 aromatic carbocycles. The van der Waals surface area contributed by atoms with Crippen molar-refractivity contribution in [1.82, 2.24) is 5.32 Å². The molecule has 0 heterocycles. The molecule has 0 aliphatic carbocycles. The van der Waals surface area contributed by atoms with Gasteiger partial charge in [0.1, 0.15) is 30.3 Å². The number of carbonyl (C=O) groups excluding carboxylic acids is 2. The van der Waals surface area contributed by atoms with Gasteiger partial charge in [0, 0.05) is 0 Å². The minimum absolute atomic E-state index is 0.00915. The third-order valence-electron chi connectivity index (χ3n) is 3.38. The Hall–Kier alpha value is -3.16. The standard InChI is InChI=1S/C20H22F2N2O4/c1-20(2,3)28-19(26)23-12-18(25)24(22)16-8-10-17(11-9-16)27-13-14-4-6-15(21)7-5-14/h4-11H,12-13H2,1-3H3,(H,23,26). The van der Waals surface area contributed by atoms with Crippen molar-refractivity contribution in [3.63, 3.8) is 0 Å². The van der Waals surface area contributed by atoms with E-state index in [2.05, 4.69) is 5.32 Å². The monoisotopic (exact) mass is 392 g/mol. The Morgan fingerprint density at radius 2 is 1.64 bits per heavy atom. The fourth-order valence-corrected chi connectivity index (χ4v) is 2.10. The summed E-state index contributed by atoms with van der Waals surface area (Å²) in [5.41, 5.74) is 0.0536. The van der Waals surface area contributed by atoms with Crippen LogP contribution in [-0.2, 0) is 16.1 Å². The molecule has 0 atom stereocenters. The van der Waals surface area contributed by atoms with Crippen molar-refractivity contribution in [2.45, 2.75) is 33.0 Å². The van der Waals surface area contributed by atoms with Crippen LogP contribution in [0.15, 0.2) is 48.5 Å². The molecule has 0 saturated carbocycles. The summed E-state index contributed by atoms with van der Waals surface area (Å²) in [6.07, 6.45) is -0.807. The van der Waals surface area contributed by atoms with Gasteiger partial charge in [-0.2, -0.15) is 0 Å². The third kappa shape index (κ3) is 6.86. The lowest BCUT2D eigenvalue weighted by Gasteiger charge is -2.20. The predicted octanol–water partition coefficient (Wildman–Crippen LogP) is 4.15. The van der Waals surface area contributed by atoms with E-state index < -0.39 is 24.1 Å². The van der Waals surface area contributed by atoms with Crippen molar-refractivity contribution in [2.75, 3.05) is 11.7 Å². The topological polar surface area (TPSA) is 67.9 Å². The highest BCUT2D eigenvalue weighted by atomic mass is 19.2. The minimum atomic E-state index is -0.953. The molecule has 6 nitrogen and oxygen atoms in total. The second-order valence-corrected chi connectivity index (χ2v) is 6.94. The molecule has 28 heavy (non-hydrogen) atoms. The summed E-state index contributed by atoms with van der Waals surface area (Å²) in [7, 11) is 0. The van der Waals surface area contributed by atoms with Gasteiger partial charge in [0.05, 0.1) is 5.69 Å². The Labute approximate surface area is 162 Å². The van der Waals surface area contributed by atoms with Crippen molar-refractivity contribution in [2.24, 2.45) is 0 Å². The lowest BCUT2D eigenvalue weighted by molar-refractivity contribution is -0.120. The second-order valence-electron chi connectivity index (χ2n) is 6.94. The lowest BCUT2D eigenvalue weighted by Crippen LogP contribution is -2.39. The zero-order valence-electron chi connectivity index (χ0n) is 15.9. The van der Waals surface area contributed by atoms with Gasteiger partial charge in [-0.1, -0.05) is 16.6 Å². The first-order valence-corrected chi connectivity index (χ1v) is 8.57. The van der Waals surface area contributed by atoms with Crippen molar-refractivity contribution >= 4 is 17.7 Å². The quantitative estimate of drug-likeness (QED) is 0.750. The zero-order valence-corrected chi connectivity index (χ0v) is 15.9. The number of nitrogens with zero attached hydrogens (tertiary/aromatic N) is 1. The highest BCUT2D eigenvalue weighted by Crippen LogP contribution is 2.21. The number of halogens is 2. The van der Waals surface area contributed by atoms with E-state index in [1.807, 2.05) is 0 Å². The normalized spacial score (nSPS) is 10.9. The number of rotatable bonds is 6. The van der Waals surface area contributed by atoms with Crippen LogP contribution < -0.4 is 15.2 Å². The molecule has 0 radical (unpaired) electrons. The summed E-state index contributed by atoms with van der Waals surface area (Å²) < 4.78 is 37.5. The first kappa shape index (κ1) is 21.1.